The summed E-state index contributed by atoms with van der Waals surface area (Å²) in [6, 6.07) is 3.11. The summed E-state index contributed by atoms with van der Waals surface area (Å²) in [5.74, 6) is -0.0171. The fourth-order valence-corrected chi connectivity index (χ4v) is 2.60. The highest BCUT2D eigenvalue weighted by atomic mass is 16.4. The van der Waals surface area contributed by atoms with Crippen LogP contribution in [0.2, 0.25) is 0 Å². The van der Waals surface area contributed by atoms with Crippen LogP contribution < -0.4 is 5.32 Å². The Morgan fingerprint density at radius 3 is 3.09 bits per heavy atom. The normalized spacial score (nSPS) is 17.5. The number of carboxylic acids is 1. The molecule has 0 bridgehead atoms. The predicted octanol–water partition coefficient (Wildman–Crippen LogP) is 1.28. The van der Waals surface area contributed by atoms with Crippen LogP contribution in [0.3, 0.4) is 0 Å². The number of hydrogen-bond acceptors (Lipinski definition) is 5. The van der Waals surface area contributed by atoms with Gasteiger partial charge in [0.25, 0.3) is 0 Å². The molecule has 1 aromatic rings. The second-order valence-electron chi connectivity index (χ2n) is 6.13. The van der Waals surface area contributed by atoms with Crippen molar-refractivity contribution < 1.29 is 9.90 Å². The number of nitrogens with one attached hydrogen (secondary N) is 1. The van der Waals surface area contributed by atoms with Crippen LogP contribution in [-0.4, -0.2) is 59.2 Å². The van der Waals surface area contributed by atoms with Crippen molar-refractivity contribution in [3.63, 3.8) is 0 Å². The smallest absolute Gasteiger partial charge is 0.335 e. The molecule has 0 aromatic carbocycles. The number of carbonyl (C=O) groups is 1. The number of pyridine rings is 1. The zero-order valence-corrected chi connectivity index (χ0v) is 12.8. The van der Waals surface area contributed by atoms with E-state index in [1.807, 2.05) is 6.20 Å². The molecule has 0 saturated heterocycles. The number of aromatic nitrogens is 1. The topological polar surface area (TPSA) is 68.7 Å². The van der Waals surface area contributed by atoms with E-state index in [2.05, 4.69) is 27.1 Å². The van der Waals surface area contributed by atoms with Crippen LogP contribution in [0.25, 0.3) is 5.70 Å². The van der Waals surface area contributed by atoms with E-state index in [1.54, 1.807) is 6.07 Å². The first-order valence-electron chi connectivity index (χ1n) is 7.70. The van der Waals surface area contributed by atoms with Crippen LogP contribution in [0, 0.1) is 5.92 Å². The zero-order valence-electron chi connectivity index (χ0n) is 12.8. The van der Waals surface area contributed by atoms with Crippen molar-refractivity contribution >= 4 is 11.7 Å². The molecular weight excluding hydrogens is 280 g/mol. The molecule has 0 amide bonds. The van der Waals surface area contributed by atoms with Crippen LogP contribution in [0.4, 0.5) is 0 Å². The van der Waals surface area contributed by atoms with E-state index in [0.29, 0.717) is 5.69 Å². The molecule has 0 radical (unpaired) electrons. The second-order valence-corrected chi connectivity index (χ2v) is 6.13. The summed E-state index contributed by atoms with van der Waals surface area (Å²) in [5.41, 5.74) is 1.82. The van der Waals surface area contributed by atoms with Gasteiger partial charge in [-0.25, -0.2) is 4.79 Å². The Morgan fingerprint density at radius 2 is 2.36 bits per heavy atom. The van der Waals surface area contributed by atoms with Crippen molar-refractivity contribution in [3.05, 3.63) is 35.8 Å². The van der Waals surface area contributed by atoms with E-state index >= 15 is 0 Å². The lowest BCUT2D eigenvalue weighted by Gasteiger charge is -2.20. The van der Waals surface area contributed by atoms with Crippen molar-refractivity contribution in [2.45, 2.75) is 12.8 Å². The van der Waals surface area contributed by atoms with Gasteiger partial charge in [0.15, 0.2) is 0 Å². The van der Waals surface area contributed by atoms with Gasteiger partial charge in [-0.3, -0.25) is 4.98 Å². The Hall–Kier alpha value is -2.08. The first-order chi connectivity index (χ1) is 10.6. The van der Waals surface area contributed by atoms with Crippen molar-refractivity contribution in [3.8, 4) is 0 Å². The van der Waals surface area contributed by atoms with Crippen molar-refractivity contribution in [1.82, 2.24) is 20.1 Å². The van der Waals surface area contributed by atoms with Crippen LogP contribution in [-0.2, 0) is 0 Å². The van der Waals surface area contributed by atoms with Crippen LogP contribution in [0.15, 0.2) is 24.5 Å². The largest absolute Gasteiger partial charge is 0.478 e. The van der Waals surface area contributed by atoms with Gasteiger partial charge in [0.05, 0.1) is 23.6 Å². The van der Waals surface area contributed by atoms with Gasteiger partial charge in [0, 0.05) is 32.0 Å². The standard InChI is InChI=1S/C16H22N4O2/c1-19(9-12-2-3-12)6-7-20-10-15(18-11-20)14-8-13(16(21)22)4-5-17-14/h4-5,8,10,12,18H,2-3,6-7,9,11H2,1H3,(H,21,22). The lowest BCUT2D eigenvalue weighted by Crippen LogP contribution is -2.32. The molecule has 2 aliphatic rings. The summed E-state index contributed by atoms with van der Waals surface area (Å²) in [7, 11) is 2.17. The first-order valence-corrected chi connectivity index (χ1v) is 7.70. The first kappa shape index (κ1) is 14.8. The molecular formula is C16H22N4O2. The monoisotopic (exact) mass is 302 g/mol. The SMILES string of the molecule is CN(CCN1C=C(c2cc(C(=O)O)ccn2)NC1)CC1CC1. The average Bonchev–Trinajstić information content (AvgIpc) is 3.19. The number of nitrogens with zero attached hydrogens (tertiary/aromatic N) is 3. The minimum absolute atomic E-state index is 0.260. The van der Waals surface area contributed by atoms with Gasteiger partial charge in [0.2, 0.25) is 0 Å². The predicted molar refractivity (Wildman–Crippen MR) is 84.1 cm³/mol. The van der Waals surface area contributed by atoms with E-state index in [4.69, 9.17) is 5.11 Å². The fourth-order valence-electron chi connectivity index (χ4n) is 2.60. The van der Waals surface area contributed by atoms with E-state index in [9.17, 15) is 4.79 Å². The van der Waals surface area contributed by atoms with Crippen molar-refractivity contribution in [2.75, 3.05) is 33.4 Å². The Kier molecular flexibility index (Phi) is 4.29. The van der Waals surface area contributed by atoms with Gasteiger partial charge < -0.3 is 20.2 Å². The fraction of sp³-hybridized carbons (Fsp3) is 0.500. The van der Waals surface area contributed by atoms with Crippen LogP contribution in [0.1, 0.15) is 28.9 Å². The van der Waals surface area contributed by atoms with E-state index in [1.165, 1.54) is 31.6 Å². The molecule has 2 N–H and O–H groups in total. The summed E-state index contributed by atoms with van der Waals surface area (Å²) < 4.78 is 0. The molecule has 1 fully saturated rings. The van der Waals surface area contributed by atoms with E-state index in [-0.39, 0.29) is 5.56 Å². The molecule has 6 nitrogen and oxygen atoms in total. The van der Waals surface area contributed by atoms with Crippen molar-refractivity contribution in [1.29, 1.82) is 0 Å². The Bertz CT molecular complexity index is 583. The van der Waals surface area contributed by atoms with Gasteiger partial charge in [-0.15, -0.1) is 0 Å². The second kappa shape index (κ2) is 6.36. The summed E-state index contributed by atoms with van der Waals surface area (Å²) in [6.07, 6.45) is 6.32. The molecule has 118 valence electrons. The minimum atomic E-state index is -0.930. The van der Waals surface area contributed by atoms with Crippen LogP contribution in [0.5, 0.6) is 0 Å². The average molecular weight is 302 g/mol. The summed E-state index contributed by atoms with van der Waals surface area (Å²) in [6.45, 7) is 3.93. The molecule has 2 heterocycles. The minimum Gasteiger partial charge on any atom is -0.478 e. The molecule has 1 aliphatic carbocycles. The van der Waals surface area contributed by atoms with Gasteiger partial charge in [-0.05, 0) is 37.9 Å². The summed E-state index contributed by atoms with van der Waals surface area (Å²) in [5, 5.41) is 12.3. The third-order valence-corrected chi connectivity index (χ3v) is 4.10. The molecule has 1 aliphatic heterocycles. The molecule has 22 heavy (non-hydrogen) atoms. The molecule has 1 aromatic heterocycles. The number of aromatic carboxylic acids is 1. The Labute approximate surface area is 130 Å². The molecule has 1 saturated carbocycles. The highest BCUT2D eigenvalue weighted by Crippen LogP contribution is 2.29. The maximum atomic E-state index is 11.0. The molecule has 0 unspecified atom stereocenters. The number of rotatable bonds is 7. The lowest BCUT2D eigenvalue weighted by atomic mass is 10.2. The molecule has 6 heteroatoms. The highest BCUT2D eigenvalue weighted by molar-refractivity contribution is 5.88. The summed E-state index contributed by atoms with van der Waals surface area (Å²) in [4.78, 5) is 19.9. The van der Waals surface area contributed by atoms with Crippen LogP contribution >= 0.6 is 0 Å². The Morgan fingerprint density at radius 1 is 1.55 bits per heavy atom. The molecule has 3 rings (SSSR count). The maximum Gasteiger partial charge on any atom is 0.335 e. The van der Waals surface area contributed by atoms with E-state index in [0.717, 1.165) is 31.4 Å². The highest BCUT2D eigenvalue weighted by Gasteiger charge is 2.23. The number of likely N-dealkylation sites (N-methyl/N-ethyl adjacent to an activating group) is 1. The number of hydrogen-bond donors (Lipinski definition) is 2. The van der Waals surface area contributed by atoms with Gasteiger partial charge in [0.1, 0.15) is 0 Å². The van der Waals surface area contributed by atoms with Gasteiger partial charge >= 0.3 is 5.97 Å². The third kappa shape index (κ3) is 3.76. The molecule has 0 atom stereocenters. The van der Waals surface area contributed by atoms with E-state index < -0.39 is 5.97 Å². The third-order valence-electron chi connectivity index (χ3n) is 4.10. The summed E-state index contributed by atoms with van der Waals surface area (Å²) >= 11 is 0. The van der Waals surface area contributed by atoms with Crippen molar-refractivity contribution in [2.24, 2.45) is 5.92 Å². The van der Waals surface area contributed by atoms with Gasteiger partial charge in [-0.2, -0.15) is 0 Å². The Balaban J connectivity index is 1.56. The molecule has 0 spiro atoms. The maximum absolute atomic E-state index is 11.0. The van der Waals surface area contributed by atoms with Gasteiger partial charge in [-0.1, -0.05) is 0 Å². The quantitative estimate of drug-likeness (QED) is 0.791. The number of carboxylic acid groups (broad SMARTS) is 1. The zero-order chi connectivity index (χ0) is 15.5. The lowest BCUT2D eigenvalue weighted by molar-refractivity contribution is 0.0696.